The van der Waals surface area contributed by atoms with Crippen molar-refractivity contribution in [3.63, 3.8) is 0 Å². The van der Waals surface area contributed by atoms with Gasteiger partial charge in [0.05, 0.1) is 0 Å². The number of nitrogens with one attached hydrogen (secondary N) is 1. The SMILES string of the molecule is CCCCNCc1cccn1-c1ccc(F)cc1. The molecule has 1 aromatic heterocycles. The van der Waals surface area contributed by atoms with E-state index in [9.17, 15) is 4.39 Å². The molecule has 0 amide bonds. The van der Waals surface area contributed by atoms with E-state index in [0.717, 1.165) is 18.8 Å². The lowest BCUT2D eigenvalue weighted by atomic mass is 10.3. The Morgan fingerprint density at radius 1 is 1.17 bits per heavy atom. The third-order valence-electron chi connectivity index (χ3n) is 2.95. The maximum atomic E-state index is 12.9. The minimum atomic E-state index is -0.200. The minimum Gasteiger partial charge on any atom is -0.320 e. The summed E-state index contributed by atoms with van der Waals surface area (Å²) in [6, 6.07) is 10.7. The molecule has 0 aliphatic heterocycles. The molecule has 0 aliphatic carbocycles. The van der Waals surface area contributed by atoms with Crippen LogP contribution in [-0.4, -0.2) is 11.1 Å². The Labute approximate surface area is 107 Å². The zero-order chi connectivity index (χ0) is 12.8. The van der Waals surface area contributed by atoms with Crippen molar-refractivity contribution in [1.29, 1.82) is 0 Å². The number of aromatic nitrogens is 1. The van der Waals surface area contributed by atoms with Crippen molar-refractivity contribution in [1.82, 2.24) is 9.88 Å². The van der Waals surface area contributed by atoms with Crippen LogP contribution in [0.15, 0.2) is 42.6 Å². The normalized spacial score (nSPS) is 10.8. The Morgan fingerprint density at radius 2 is 1.94 bits per heavy atom. The van der Waals surface area contributed by atoms with Gasteiger partial charge in [-0.25, -0.2) is 4.39 Å². The molecule has 0 saturated carbocycles. The first-order chi connectivity index (χ1) is 8.81. The average Bonchev–Trinajstić information content (AvgIpc) is 2.84. The van der Waals surface area contributed by atoms with Crippen LogP contribution in [0.5, 0.6) is 0 Å². The molecule has 96 valence electrons. The van der Waals surface area contributed by atoms with Crippen LogP contribution >= 0.6 is 0 Å². The van der Waals surface area contributed by atoms with E-state index in [-0.39, 0.29) is 5.82 Å². The van der Waals surface area contributed by atoms with Crippen LogP contribution < -0.4 is 5.32 Å². The molecular weight excluding hydrogens is 227 g/mol. The van der Waals surface area contributed by atoms with Gasteiger partial charge in [-0.3, -0.25) is 0 Å². The van der Waals surface area contributed by atoms with E-state index in [0.29, 0.717) is 0 Å². The van der Waals surface area contributed by atoms with Crippen molar-refractivity contribution in [2.24, 2.45) is 0 Å². The van der Waals surface area contributed by atoms with Crippen molar-refractivity contribution in [3.05, 3.63) is 54.1 Å². The summed E-state index contributed by atoms with van der Waals surface area (Å²) in [7, 11) is 0. The van der Waals surface area contributed by atoms with Gasteiger partial charge in [0.15, 0.2) is 0 Å². The van der Waals surface area contributed by atoms with Gasteiger partial charge in [0.25, 0.3) is 0 Å². The number of benzene rings is 1. The van der Waals surface area contributed by atoms with Gasteiger partial charge >= 0.3 is 0 Å². The number of hydrogen-bond donors (Lipinski definition) is 1. The van der Waals surface area contributed by atoms with Crippen molar-refractivity contribution >= 4 is 0 Å². The maximum absolute atomic E-state index is 12.9. The van der Waals surface area contributed by atoms with Gasteiger partial charge < -0.3 is 9.88 Å². The Morgan fingerprint density at radius 3 is 2.67 bits per heavy atom. The molecule has 0 saturated heterocycles. The highest BCUT2D eigenvalue weighted by Crippen LogP contribution is 2.13. The number of halogens is 1. The van der Waals surface area contributed by atoms with Gasteiger partial charge in [0, 0.05) is 24.1 Å². The Balaban J connectivity index is 2.05. The van der Waals surface area contributed by atoms with E-state index in [1.807, 2.05) is 12.3 Å². The molecular formula is C15H19FN2. The van der Waals surface area contributed by atoms with Crippen LogP contribution in [0.25, 0.3) is 5.69 Å². The third kappa shape index (κ3) is 3.20. The average molecular weight is 246 g/mol. The second-order valence-electron chi connectivity index (χ2n) is 4.38. The lowest BCUT2D eigenvalue weighted by Gasteiger charge is -2.10. The van der Waals surface area contributed by atoms with E-state index in [4.69, 9.17) is 0 Å². The first-order valence-corrected chi connectivity index (χ1v) is 6.44. The summed E-state index contributed by atoms with van der Waals surface area (Å²) in [6.07, 6.45) is 4.40. The fourth-order valence-electron chi connectivity index (χ4n) is 1.93. The first-order valence-electron chi connectivity index (χ1n) is 6.44. The van der Waals surface area contributed by atoms with Crippen LogP contribution in [0.4, 0.5) is 4.39 Å². The standard InChI is InChI=1S/C15H19FN2/c1-2-3-10-17-12-15-5-4-11-18(15)14-8-6-13(16)7-9-14/h4-9,11,17H,2-3,10,12H2,1H3. The number of rotatable bonds is 6. The number of nitrogens with zero attached hydrogens (tertiary/aromatic N) is 1. The molecule has 1 aromatic carbocycles. The third-order valence-corrected chi connectivity index (χ3v) is 2.95. The second-order valence-corrected chi connectivity index (χ2v) is 4.38. The Bertz CT molecular complexity index is 473. The highest BCUT2D eigenvalue weighted by molar-refractivity contribution is 5.35. The number of hydrogen-bond acceptors (Lipinski definition) is 1. The fraction of sp³-hybridized carbons (Fsp3) is 0.333. The summed E-state index contributed by atoms with van der Waals surface area (Å²) in [5, 5.41) is 3.42. The second kappa shape index (κ2) is 6.36. The van der Waals surface area contributed by atoms with E-state index < -0.39 is 0 Å². The molecule has 1 N–H and O–H groups in total. The molecule has 1 heterocycles. The summed E-state index contributed by atoms with van der Waals surface area (Å²) in [5.41, 5.74) is 2.19. The van der Waals surface area contributed by atoms with Gasteiger partial charge in [-0.05, 0) is 49.4 Å². The lowest BCUT2D eigenvalue weighted by molar-refractivity contribution is 0.623. The summed E-state index contributed by atoms with van der Waals surface area (Å²) in [5.74, 6) is -0.200. The van der Waals surface area contributed by atoms with Crippen LogP contribution in [0.2, 0.25) is 0 Å². The minimum absolute atomic E-state index is 0.200. The molecule has 0 atom stereocenters. The molecule has 0 aliphatic rings. The van der Waals surface area contributed by atoms with Crippen LogP contribution in [0.1, 0.15) is 25.5 Å². The Hall–Kier alpha value is -1.61. The quantitative estimate of drug-likeness (QED) is 0.772. The highest BCUT2D eigenvalue weighted by atomic mass is 19.1. The van der Waals surface area contributed by atoms with Gasteiger partial charge in [0.1, 0.15) is 5.82 Å². The lowest BCUT2D eigenvalue weighted by Crippen LogP contribution is -2.16. The van der Waals surface area contributed by atoms with E-state index in [2.05, 4.69) is 22.9 Å². The molecule has 0 spiro atoms. The zero-order valence-electron chi connectivity index (χ0n) is 10.7. The van der Waals surface area contributed by atoms with Crippen molar-refractivity contribution in [2.75, 3.05) is 6.54 Å². The van der Waals surface area contributed by atoms with Gasteiger partial charge in [-0.15, -0.1) is 0 Å². The van der Waals surface area contributed by atoms with Crippen LogP contribution in [-0.2, 0) is 6.54 Å². The van der Waals surface area contributed by atoms with Crippen molar-refractivity contribution in [2.45, 2.75) is 26.3 Å². The maximum Gasteiger partial charge on any atom is 0.123 e. The van der Waals surface area contributed by atoms with E-state index >= 15 is 0 Å². The van der Waals surface area contributed by atoms with Gasteiger partial charge in [-0.1, -0.05) is 13.3 Å². The smallest absolute Gasteiger partial charge is 0.123 e. The first kappa shape index (κ1) is 12.8. The molecule has 2 aromatic rings. The summed E-state index contributed by atoms with van der Waals surface area (Å²) >= 11 is 0. The molecule has 0 radical (unpaired) electrons. The predicted octanol–water partition coefficient (Wildman–Crippen LogP) is 3.51. The van der Waals surface area contributed by atoms with Crippen LogP contribution in [0.3, 0.4) is 0 Å². The summed E-state index contributed by atoms with van der Waals surface area (Å²) in [4.78, 5) is 0. The molecule has 2 nitrogen and oxygen atoms in total. The Kier molecular flexibility index (Phi) is 4.53. The topological polar surface area (TPSA) is 17.0 Å². The highest BCUT2D eigenvalue weighted by Gasteiger charge is 2.02. The number of unbranched alkanes of at least 4 members (excludes halogenated alkanes) is 1. The molecule has 2 rings (SSSR count). The van der Waals surface area contributed by atoms with Gasteiger partial charge in [0.2, 0.25) is 0 Å². The fourth-order valence-corrected chi connectivity index (χ4v) is 1.93. The van der Waals surface area contributed by atoms with Crippen molar-refractivity contribution in [3.8, 4) is 5.69 Å². The molecule has 3 heteroatoms. The van der Waals surface area contributed by atoms with Crippen molar-refractivity contribution < 1.29 is 4.39 Å². The van der Waals surface area contributed by atoms with Crippen LogP contribution in [0, 0.1) is 5.82 Å². The van der Waals surface area contributed by atoms with E-state index in [1.165, 1.54) is 30.7 Å². The largest absolute Gasteiger partial charge is 0.320 e. The molecule has 18 heavy (non-hydrogen) atoms. The monoisotopic (exact) mass is 246 g/mol. The predicted molar refractivity (Wildman–Crippen MR) is 72.3 cm³/mol. The van der Waals surface area contributed by atoms with Gasteiger partial charge in [-0.2, -0.15) is 0 Å². The summed E-state index contributed by atoms with van der Waals surface area (Å²) in [6.45, 7) is 4.05. The zero-order valence-corrected chi connectivity index (χ0v) is 10.7. The molecule has 0 fully saturated rings. The molecule has 0 unspecified atom stereocenters. The molecule has 0 bridgehead atoms. The van der Waals surface area contributed by atoms with E-state index in [1.54, 1.807) is 12.1 Å². The summed E-state index contributed by atoms with van der Waals surface area (Å²) < 4.78 is 15.0.